The highest BCUT2D eigenvalue weighted by molar-refractivity contribution is 8.00. The Balaban J connectivity index is 1.55. The predicted octanol–water partition coefficient (Wildman–Crippen LogP) is 3.32. The summed E-state index contributed by atoms with van der Waals surface area (Å²) in [7, 11) is 1.92. The van der Waals surface area contributed by atoms with Crippen molar-refractivity contribution in [2.24, 2.45) is 7.05 Å². The maximum absolute atomic E-state index is 12.3. The zero-order valence-corrected chi connectivity index (χ0v) is 15.7. The van der Waals surface area contributed by atoms with Crippen LogP contribution in [-0.2, 0) is 18.3 Å². The quantitative estimate of drug-likeness (QED) is 0.652. The standard InChI is InChI=1S/C20H22N4OS/c1-15(19(25)21-14-13-16-9-5-3-6-10-16)26-20-23-22-18(24(20)2)17-11-7-4-8-12-17/h3-12,15H,13-14H2,1-2H3,(H,21,25)/t15-/m1/s1. The number of carbonyl (C=O) groups excluding carboxylic acids is 1. The van der Waals surface area contributed by atoms with Crippen molar-refractivity contribution in [1.29, 1.82) is 0 Å². The number of hydrogen-bond acceptors (Lipinski definition) is 4. The Morgan fingerprint density at radius 3 is 2.42 bits per heavy atom. The smallest absolute Gasteiger partial charge is 0.233 e. The second-order valence-corrected chi connectivity index (χ2v) is 7.33. The third-order valence-electron chi connectivity index (χ3n) is 4.07. The van der Waals surface area contributed by atoms with Gasteiger partial charge in [0.1, 0.15) is 0 Å². The number of nitrogens with one attached hydrogen (secondary N) is 1. The van der Waals surface area contributed by atoms with Gasteiger partial charge in [0, 0.05) is 19.2 Å². The van der Waals surface area contributed by atoms with Crippen LogP contribution in [0.15, 0.2) is 65.8 Å². The molecule has 1 atom stereocenters. The van der Waals surface area contributed by atoms with Crippen LogP contribution in [0.2, 0.25) is 0 Å². The van der Waals surface area contributed by atoms with Gasteiger partial charge in [0.15, 0.2) is 11.0 Å². The minimum absolute atomic E-state index is 0.00944. The summed E-state index contributed by atoms with van der Waals surface area (Å²) in [6, 6.07) is 20.0. The average molecular weight is 366 g/mol. The van der Waals surface area contributed by atoms with Gasteiger partial charge in [-0.3, -0.25) is 4.79 Å². The molecule has 3 aromatic rings. The van der Waals surface area contributed by atoms with Gasteiger partial charge in [-0.15, -0.1) is 10.2 Å². The molecular weight excluding hydrogens is 344 g/mol. The summed E-state index contributed by atoms with van der Waals surface area (Å²) in [5.41, 5.74) is 2.23. The number of thioether (sulfide) groups is 1. The van der Waals surface area contributed by atoms with E-state index in [0.717, 1.165) is 23.0 Å². The number of rotatable bonds is 7. The summed E-state index contributed by atoms with van der Waals surface area (Å²) in [6.07, 6.45) is 0.825. The molecule has 1 heterocycles. The lowest BCUT2D eigenvalue weighted by atomic mass is 10.1. The number of carbonyl (C=O) groups is 1. The molecule has 6 heteroatoms. The van der Waals surface area contributed by atoms with Crippen LogP contribution in [0.25, 0.3) is 11.4 Å². The van der Waals surface area contributed by atoms with Gasteiger partial charge >= 0.3 is 0 Å². The number of benzene rings is 2. The van der Waals surface area contributed by atoms with E-state index >= 15 is 0 Å². The van der Waals surface area contributed by atoms with E-state index in [9.17, 15) is 4.79 Å². The van der Waals surface area contributed by atoms with E-state index in [-0.39, 0.29) is 11.2 Å². The van der Waals surface area contributed by atoms with Crippen LogP contribution in [0.5, 0.6) is 0 Å². The molecule has 0 saturated carbocycles. The fourth-order valence-electron chi connectivity index (χ4n) is 2.59. The first-order valence-corrected chi connectivity index (χ1v) is 9.46. The molecule has 5 nitrogen and oxygen atoms in total. The molecule has 0 fully saturated rings. The molecule has 0 unspecified atom stereocenters. The summed E-state index contributed by atoms with van der Waals surface area (Å²) in [5, 5.41) is 12.0. The summed E-state index contributed by atoms with van der Waals surface area (Å²) in [5.74, 6) is 0.806. The van der Waals surface area contributed by atoms with E-state index in [1.807, 2.05) is 67.1 Å². The Bertz CT molecular complexity index is 849. The second-order valence-electron chi connectivity index (χ2n) is 6.02. The number of aromatic nitrogens is 3. The lowest BCUT2D eigenvalue weighted by molar-refractivity contribution is -0.120. The van der Waals surface area contributed by atoms with Gasteiger partial charge < -0.3 is 9.88 Å². The van der Waals surface area contributed by atoms with Gasteiger partial charge in [0.2, 0.25) is 5.91 Å². The largest absolute Gasteiger partial charge is 0.355 e. The molecule has 1 amide bonds. The Labute approximate surface area is 157 Å². The first kappa shape index (κ1) is 18.2. The van der Waals surface area contributed by atoms with Gasteiger partial charge in [-0.2, -0.15) is 0 Å². The van der Waals surface area contributed by atoms with Gasteiger partial charge in [-0.05, 0) is 18.9 Å². The monoisotopic (exact) mass is 366 g/mol. The van der Waals surface area contributed by atoms with E-state index in [4.69, 9.17) is 0 Å². The van der Waals surface area contributed by atoms with Crippen molar-refractivity contribution in [3.63, 3.8) is 0 Å². The lowest BCUT2D eigenvalue weighted by Crippen LogP contribution is -2.32. The Hall–Kier alpha value is -2.60. The number of nitrogens with zero attached hydrogens (tertiary/aromatic N) is 3. The van der Waals surface area contributed by atoms with Gasteiger partial charge in [-0.1, -0.05) is 72.4 Å². The summed E-state index contributed by atoms with van der Waals surface area (Å²) < 4.78 is 1.92. The van der Waals surface area contributed by atoms with E-state index in [1.54, 1.807) is 0 Å². The van der Waals surface area contributed by atoms with Crippen LogP contribution < -0.4 is 5.32 Å². The third-order valence-corrected chi connectivity index (χ3v) is 5.21. The minimum atomic E-state index is -0.239. The second kappa shape index (κ2) is 8.67. The molecule has 0 aliphatic rings. The maximum Gasteiger partial charge on any atom is 0.233 e. The molecule has 2 aromatic carbocycles. The van der Waals surface area contributed by atoms with Crippen LogP contribution >= 0.6 is 11.8 Å². The van der Waals surface area contributed by atoms with E-state index in [0.29, 0.717) is 6.54 Å². The predicted molar refractivity (Wildman–Crippen MR) is 105 cm³/mol. The van der Waals surface area contributed by atoms with Gasteiger partial charge in [0.25, 0.3) is 0 Å². The van der Waals surface area contributed by atoms with Crippen LogP contribution in [0.4, 0.5) is 0 Å². The molecule has 0 spiro atoms. The normalized spacial score (nSPS) is 11.9. The summed E-state index contributed by atoms with van der Waals surface area (Å²) in [6.45, 7) is 2.52. The zero-order chi connectivity index (χ0) is 18.4. The summed E-state index contributed by atoms with van der Waals surface area (Å²) >= 11 is 1.42. The van der Waals surface area contributed by atoms with Gasteiger partial charge in [-0.25, -0.2) is 0 Å². The number of amides is 1. The van der Waals surface area contributed by atoms with Crippen LogP contribution in [0, 0.1) is 0 Å². The van der Waals surface area contributed by atoms with Crippen molar-refractivity contribution in [2.75, 3.05) is 6.54 Å². The highest BCUT2D eigenvalue weighted by Crippen LogP contribution is 2.25. The molecule has 0 radical (unpaired) electrons. The Morgan fingerprint density at radius 2 is 1.73 bits per heavy atom. The molecule has 26 heavy (non-hydrogen) atoms. The highest BCUT2D eigenvalue weighted by Gasteiger charge is 2.19. The molecular formula is C20H22N4OS. The lowest BCUT2D eigenvalue weighted by Gasteiger charge is -2.11. The Morgan fingerprint density at radius 1 is 1.08 bits per heavy atom. The molecule has 0 aliphatic carbocycles. The molecule has 1 N–H and O–H groups in total. The van der Waals surface area contributed by atoms with E-state index in [2.05, 4.69) is 27.6 Å². The molecule has 3 rings (SSSR count). The summed E-state index contributed by atoms with van der Waals surface area (Å²) in [4.78, 5) is 12.3. The zero-order valence-electron chi connectivity index (χ0n) is 14.9. The average Bonchev–Trinajstić information content (AvgIpc) is 3.03. The first-order chi connectivity index (χ1) is 12.6. The fourth-order valence-corrected chi connectivity index (χ4v) is 3.43. The highest BCUT2D eigenvalue weighted by atomic mass is 32.2. The first-order valence-electron chi connectivity index (χ1n) is 8.58. The van der Waals surface area contributed by atoms with Crippen LogP contribution in [0.3, 0.4) is 0 Å². The van der Waals surface area contributed by atoms with Crippen molar-refractivity contribution in [1.82, 2.24) is 20.1 Å². The van der Waals surface area contributed by atoms with Crippen LogP contribution in [-0.4, -0.2) is 32.5 Å². The van der Waals surface area contributed by atoms with Gasteiger partial charge in [0.05, 0.1) is 5.25 Å². The minimum Gasteiger partial charge on any atom is -0.355 e. The fraction of sp³-hybridized carbons (Fsp3) is 0.250. The Kier molecular flexibility index (Phi) is 6.07. The van der Waals surface area contributed by atoms with Crippen molar-refractivity contribution in [3.8, 4) is 11.4 Å². The van der Waals surface area contributed by atoms with Crippen molar-refractivity contribution < 1.29 is 4.79 Å². The van der Waals surface area contributed by atoms with Crippen LogP contribution in [0.1, 0.15) is 12.5 Å². The van der Waals surface area contributed by atoms with E-state index in [1.165, 1.54) is 17.3 Å². The van der Waals surface area contributed by atoms with Crippen molar-refractivity contribution in [3.05, 3.63) is 66.2 Å². The van der Waals surface area contributed by atoms with Crippen molar-refractivity contribution >= 4 is 17.7 Å². The van der Waals surface area contributed by atoms with E-state index < -0.39 is 0 Å². The molecule has 134 valence electrons. The molecule has 0 saturated heterocycles. The third kappa shape index (κ3) is 4.52. The topological polar surface area (TPSA) is 59.8 Å². The maximum atomic E-state index is 12.3. The van der Waals surface area contributed by atoms with Crippen molar-refractivity contribution in [2.45, 2.75) is 23.8 Å². The number of hydrogen-bond donors (Lipinski definition) is 1. The molecule has 0 aliphatic heterocycles. The molecule has 0 bridgehead atoms. The molecule has 1 aromatic heterocycles. The SMILES string of the molecule is C[C@@H](Sc1nnc(-c2ccccc2)n1C)C(=O)NCCc1ccccc1.